The third kappa shape index (κ3) is 3.21. The van der Waals surface area contributed by atoms with Gasteiger partial charge >= 0.3 is 5.97 Å². The molecule has 0 spiro atoms. The number of anilines is 1. The van der Waals surface area contributed by atoms with Crippen molar-refractivity contribution in [2.75, 3.05) is 5.32 Å². The van der Waals surface area contributed by atoms with Crippen molar-refractivity contribution in [3.8, 4) is 0 Å². The number of nitro groups is 1. The lowest BCUT2D eigenvalue weighted by Gasteiger charge is -2.38. The van der Waals surface area contributed by atoms with E-state index in [1.54, 1.807) is 27.7 Å². The summed E-state index contributed by atoms with van der Waals surface area (Å²) in [6, 6.07) is 0.929. The zero-order valence-electron chi connectivity index (χ0n) is 11.7. The average Bonchev–Trinajstić information content (AvgIpc) is 2.26. The highest BCUT2D eigenvalue weighted by Gasteiger charge is 2.36. The van der Waals surface area contributed by atoms with Crippen molar-refractivity contribution in [1.29, 1.82) is 0 Å². The summed E-state index contributed by atoms with van der Waals surface area (Å²) < 4.78 is 0. The van der Waals surface area contributed by atoms with Crippen LogP contribution in [0.5, 0.6) is 0 Å². The second-order valence-electron chi connectivity index (χ2n) is 5.46. The minimum absolute atomic E-state index is 0.0322. The Kier molecular flexibility index (Phi) is 3.99. The fourth-order valence-corrected chi connectivity index (χ4v) is 1.27. The summed E-state index contributed by atoms with van der Waals surface area (Å²) in [6.45, 7) is 6.46. The smallest absolute Gasteiger partial charge is 0.339 e. The van der Waals surface area contributed by atoms with Crippen molar-refractivity contribution in [2.24, 2.45) is 0 Å². The standard InChI is InChI=1S/C12H17N3O5/c1-11(2,12(3,4)18)14-9-8(10(16)17)5-7(6-13-9)15(19)20/h5-6,18H,1-4H3,(H,13,14)(H,16,17). The number of aliphatic hydroxyl groups is 1. The van der Waals surface area contributed by atoms with Crippen LogP contribution in [0, 0.1) is 10.1 Å². The zero-order valence-corrected chi connectivity index (χ0v) is 11.7. The van der Waals surface area contributed by atoms with E-state index in [0.717, 1.165) is 12.3 Å². The highest BCUT2D eigenvalue weighted by Crippen LogP contribution is 2.28. The van der Waals surface area contributed by atoms with Gasteiger partial charge in [-0.05, 0) is 27.7 Å². The molecule has 1 aromatic heterocycles. The molecule has 0 aliphatic carbocycles. The number of pyridine rings is 1. The topological polar surface area (TPSA) is 126 Å². The van der Waals surface area contributed by atoms with E-state index in [1.807, 2.05) is 0 Å². The Bertz CT molecular complexity index is 549. The largest absolute Gasteiger partial charge is 0.478 e. The Balaban J connectivity index is 3.26. The summed E-state index contributed by atoms with van der Waals surface area (Å²) in [5.41, 5.74) is -2.78. The van der Waals surface area contributed by atoms with Crippen LogP contribution in [0.3, 0.4) is 0 Å². The molecule has 3 N–H and O–H groups in total. The Labute approximate surface area is 115 Å². The fourth-order valence-electron chi connectivity index (χ4n) is 1.27. The molecule has 0 amide bonds. The number of carbonyl (C=O) groups is 1. The molecular formula is C12H17N3O5. The molecule has 0 saturated carbocycles. The number of carboxylic acids is 1. The lowest BCUT2D eigenvalue weighted by atomic mass is 9.86. The summed E-state index contributed by atoms with van der Waals surface area (Å²) in [7, 11) is 0. The van der Waals surface area contributed by atoms with Crippen molar-refractivity contribution >= 4 is 17.5 Å². The van der Waals surface area contributed by atoms with Gasteiger partial charge < -0.3 is 15.5 Å². The Morgan fingerprint density at radius 3 is 2.35 bits per heavy atom. The van der Waals surface area contributed by atoms with Crippen LogP contribution in [0.2, 0.25) is 0 Å². The number of rotatable bonds is 5. The quantitative estimate of drug-likeness (QED) is 0.554. The molecule has 1 aromatic rings. The highest BCUT2D eigenvalue weighted by atomic mass is 16.6. The molecule has 0 aromatic carbocycles. The van der Waals surface area contributed by atoms with Gasteiger partial charge in [-0.1, -0.05) is 0 Å². The monoisotopic (exact) mass is 283 g/mol. The van der Waals surface area contributed by atoms with E-state index < -0.39 is 27.7 Å². The number of nitrogens with zero attached hydrogens (tertiary/aromatic N) is 2. The van der Waals surface area contributed by atoms with Crippen molar-refractivity contribution in [2.45, 2.75) is 38.8 Å². The first-order valence-electron chi connectivity index (χ1n) is 5.84. The van der Waals surface area contributed by atoms with Crippen molar-refractivity contribution < 1.29 is 19.9 Å². The molecule has 0 atom stereocenters. The number of hydrogen-bond acceptors (Lipinski definition) is 6. The Morgan fingerprint density at radius 1 is 1.40 bits per heavy atom. The molecule has 0 saturated heterocycles. The van der Waals surface area contributed by atoms with Crippen LogP contribution in [-0.2, 0) is 0 Å². The minimum Gasteiger partial charge on any atom is -0.478 e. The second kappa shape index (κ2) is 5.04. The van der Waals surface area contributed by atoms with Crippen LogP contribution in [0.25, 0.3) is 0 Å². The summed E-state index contributed by atoms with van der Waals surface area (Å²) in [5.74, 6) is -1.37. The molecule has 8 nitrogen and oxygen atoms in total. The van der Waals surface area contributed by atoms with E-state index in [0.29, 0.717) is 0 Å². The lowest BCUT2D eigenvalue weighted by molar-refractivity contribution is -0.385. The third-order valence-electron chi connectivity index (χ3n) is 3.27. The van der Waals surface area contributed by atoms with Gasteiger partial charge in [0.25, 0.3) is 5.69 Å². The molecule has 0 radical (unpaired) electrons. The maximum Gasteiger partial charge on any atom is 0.339 e. The van der Waals surface area contributed by atoms with Crippen molar-refractivity contribution in [3.63, 3.8) is 0 Å². The molecule has 0 fully saturated rings. The highest BCUT2D eigenvalue weighted by molar-refractivity contribution is 5.94. The molecule has 1 heterocycles. The van der Waals surface area contributed by atoms with Gasteiger partial charge in [-0.25, -0.2) is 9.78 Å². The lowest BCUT2D eigenvalue weighted by Crippen LogP contribution is -2.51. The first-order chi connectivity index (χ1) is 8.95. The van der Waals surface area contributed by atoms with Crippen LogP contribution in [0.15, 0.2) is 12.3 Å². The van der Waals surface area contributed by atoms with E-state index in [-0.39, 0.29) is 11.4 Å². The van der Waals surface area contributed by atoms with Crippen LogP contribution in [-0.4, -0.2) is 37.2 Å². The predicted molar refractivity (Wildman–Crippen MR) is 71.9 cm³/mol. The molecular weight excluding hydrogens is 266 g/mol. The summed E-state index contributed by atoms with van der Waals surface area (Å²) in [4.78, 5) is 24.9. The fraction of sp³-hybridized carbons (Fsp3) is 0.500. The van der Waals surface area contributed by atoms with E-state index in [9.17, 15) is 20.0 Å². The molecule has 0 aliphatic rings. The summed E-state index contributed by atoms with van der Waals surface area (Å²) in [6.07, 6.45) is 0.967. The first-order valence-corrected chi connectivity index (χ1v) is 5.84. The number of carboxylic acid groups (broad SMARTS) is 1. The first kappa shape index (κ1) is 15.8. The van der Waals surface area contributed by atoms with E-state index in [4.69, 9.17) is 5.11 Å². The Morgan fingerprint density at radius 2 is 1.95 bits per heavy atom. The molecule has 0 unspecified atom stereocenters. The predicted octanol–water partition coefficient (Wildman–Crippen LogP) is 1.65. The zero-order chi connectivity index (χ0) is 15.7. The van der Waals surface area contributed by atoms with Crippen LogP contribution >= 0.6 is 0 Å². The molecule has 1 rings (SSSR count). The number of aromatic nitrogens is 1. The third-order valence-corrected chi connectivity index (χ3v) is 3.27. The van der Waals surface area contributed by atoms with Gasteiger partial charge in [0.1, 0.15) is 17.6 Å². The maximum absolute atomic E-state index is 11.2. The van der Waals surface area contributed by atoms with Crippen LogP contribution in [0.4, 0.5) is 11.5 Å². The van der Waals surface area contributed by atoms with Crippen molar-refractivity contribution in [1.82, 2.24) is 4.98 Å². The van der Waals surface area contributed by atoms with Gasteiger partial charge in [0.15, 0.2) is 0 Å². The van der Waals surface area contributed by atoms with Gasteiger partial charge in [-0.3, -0.25) is 10.1 Å². The molecule has 8 heteroatoms. The summed E-state index contributed by atoms with van der Waals surface area (Å²) >= 11 is 0. The average molecular weight is 283 g/mol. The molecule has 0 bridgehead atoms. The number of hydrogen-bond donors (Lipinski definition) is 3. The molecule has 20 heavy (non-hydrogen) atoms. The van der Waals surface area contributed by atoms with Crippen LogP contribution in [0.1, 0.15) is 38.1 Å². The van der Waals surface area contributed by atoms with E-state index >= 15 is 0 Å². The van der Waals surface area contributed by atoms with Gasteiger partial charge in [0.05, 0.1) is 16.1 Å². The van der Waals surface area contributed by atoms with Gasteiger partial charge in [-0.15, -0.1) is 0 Å². The van der Waals surface area contributed by atoms with E-state index in [2.05, 4.69) is 10.3 Å². The van der Waals surface area contributed by atoms with Crippen LogP contribution < -0.4 is 5.32 Å². The van der Waals surface area contributed by atoms with E-state index in [1.165, 1.54) is 0 Å². The van der Waals surface area contributed by atoms with Gasteiger partial charge in [0.2, 0.25) is 0 Å². The SMILES string of the molecule is CC(C)(O)C(C)(C)Nc1ncc([N+](=O)[O-])cc1C(=O)O. The maximum atomic E-state index is 11.2. The minimum atomic E-state index is -1.34. The molecule has 0 aliphatic heterocycles. The second-order valence-corrected chi connectivity index (χ2v) is 5.46. The normalized spacial score (nSPS) is 12.1. The number of aromatic carboxylic acids is 1. The number of nitrogens with one attached hydrogen (secondary N) is 1. The Hall–Kier alpha value is -2.22. The molecule has 110 valence electrons. The van der Waals surface area contributed by atoms with Gasteiger partial charge in [0, 0.05) is 6.07 Å². The van der Waals surface area contributed by atoms with Gasteiger partial charge in [-0.2, -0.15) is 0 Å². The summed E-state index contributed by atoms with van der Waals surface area (Å²) in [5, 5.41) is 32.6. The van der Waals surface area contributed by atoms with Crippen molar-refractivity contribution in [3.05, 3.63) is 27.9 Å².